The van der Waals surface area contributed by atoms with Gasteiger partial charge < -0.3 is 10.1 Å². The normalized spacial score (nSPS) is 10.1. The zero-order chi connectivity index (χ0) is 14.2. The Bertz CT molecular complexity index is 540. The third-order valence-corrected chi connectivity index (χ3v) is 2.97. The molecular formula is C16H16ClNO2. The van der Waals surface area contributed by atoms with Crippen LogP contribution in [0.5, 0.6) is 5.75 Å². The zero-order valence-corrected chi connectivity index (χ0v) is 11.8. The standard InChI is InChI=1S/C16H16ClNO2/c17-14-8-6-13(7-9-14)12-16(19)18-10-11-20-15-4-2-1-3-5-15/h1-9H,10-12H2,(H,18,19). The fraction of sp³-hybridized carbons (Fsp3) is 0.188. The van der Waals surface area contributed by atoms with E-state index in [1.54, 1.807) is 12.1 Å². The molecule has 1 amide bonds. The van der Waals surface area contributed by atoms with E-state index in [0.29, 0.717) is 24.6 Å². The molecule has 0 fully saturated rings. The summed E-state index contributed by atoms with van der Waals surface area (Å²) in [5.41, 5.74) is 0.941. The number of hydrogen-bond acceptors (Lipinski definition) is 2. The van der Waals surface area contributed by atoms with Crippen LogP contribution in [-0.4, -0.2) is 19.1 Å². The predicted octanol–water partition coefficient (Wildman–Crippen LogP) is 3.08. The quantitative estimate of drug-likeness (QED) is 0.830. The zero-order valence-electron chi connectivity index (χ0n) is 11.0. The molecule has 104 valence electrons. The summed E-state index contributed by atoms with van der Waals surface area (Å²) in [5, 5.41) is 3.49. The SMILES string of the molecule is O=C(Cc1ccc(Cl)cc1)NCCOc1ccccc1. The van der Waals surface area contributed by atoms with Gasteiger partial charge in [-0.2, -0.15) is 0 Å². The van der Waals surface area contributed by atoms with Gasteiger partial charge in [-0.05, 0) is 29.8 Å². The minimum Gasteiger partial charge on any atom is -0.492 e. The second-order valence-corrected chi connectivity index (χ2v) is 4.75. The summed E-state index contributed by atoms with van der Waals surface area (Å²) < 4.78 is 5.49. The van der Waals surface area contributed by atoms with Gasteiger partial charge in [0, 0.05) is 5.02 Å². The van der Waals surface area contributed by atoms with E-state index in [-0.39, 0.29) is 5.91 Å². The molecule has 0 radical (unpaired) electrons. The number of carbonyl (C=O) groups excluding carboxylic acids is 1. The average Bonchev–Trinajstić information content (AvgIpc) is 2.47. The van der Waals surface area contributed by atoms with Crippen molar-refractivity contribution in [2.45, 2.75) is 6.42 Å². The van der Waals surface area contributed by atoms with E-state index >= 15 is 0 Å². The average molecular weight is 290 g/mol. The number of ether oxygens (including phenoxy) is 1. The first-order valence-electron chi connectivity index (χ1n) is 6.43. The van der Waals surface area contributed by atoms with Crippen LogP contribution in [0.25, 0.3) is 0 Å². The van der Waals surface area contributed by atoms with Gasteiger partial charge in [0.05, 0.1) is 13.0 Å². The highest BCUT2D eigenvalue weighted by Gasteiger charge is 2.02. The van der Waals surface area contributed by atoms with Gasteiger partial charge in [-0.25, -0.2) is 0 Å². The lowest BCUT2D eigenvalue weighted by Crippen LogP contribution is -2.29. The van der Waals surface area contributed by atoms with Gasteiger partial charge in [0.2, 0.25) is 5.91 Å². The molecule has 0 aromatic heterocycles. The Morgan fingerprint density at radius 3 is 2.45 bits per heavy atom. The summed E-state index contributed by atoms with van der Waals surface area (Å²) in [6, 6.07) is 16.8. The third-order valence-electron chi connectivity index (χ3n) is 2.71. The van der Waals surface area contributed by atoms with Crippen LogP contribution in [0.2, 0.25) is 5.02 Å². The predicted molar refractivity (Wildman–Crippen MR) is 80.1 cm³/mol. The topological polar surface area (TPSA) is 38.3 Å². The van der Waals surface area contributed by atoms with Crippen molar-refractivity contribution in [1.82, 2.24) is 5.32 Å². The minimum absolute atomic E-state index is 0.0241. The summed E-state index contributed by atoms with van der Waals surface area (Å²) in [4.78, 5) is 11.7. The molecule has 20 heavy (non-hydrogen) atoms. The number of amides is 1. The highest BCUT2D eigenvalue weighted by molar-refractivity contribution is 6.30. The van der Waals surface area contributed by atoms with Crippen molar-refractivity contribution in [3.05, 3.63) is 65.2 Å². The lowest BCUT2D eigenvalue weighted by Gasteiger charge is -2.07. The van der Waals surface area contributed by atoms with Gasteiger partial charge in [0.15, 0.2) is 0 Å². The van der Waals surface area contributed by atoms with Gasteiger partial charge in [0.1, 0.15) is 12.4 Å². The molecular weight excluding hydrogens is 274 g/mol. The third kappa shape index (κ3) is 4.94. The number of para-hydroxylation sites is 1. The molecule has 0 bridgehead atoms. The number of rotatable bonds is 6. The van der Waals surface area contributed by atoms with E-state index < -0.39 is 0 Å². The number of nitrogens with one attached hydrogen (secondary N) is 1. The fourth-order valence-corrected chi connectivity index (χ4v) is 1.85. The van der Waals surface area contributed by atoms with E-state index in [1.165, 1.54) is 0 Å². The second-order valence-electron chi connectivity index (χ2n) is 4.31. The highest BCUT2D eigenvalue weighted by atomic mass is 35.5. The molecule has 0 unspecified atom stereocenters. The summed E-state index contributed by atoms with van der Waals surface area (Å²) >= 11 is 5.79. The van der Waals surface area contributed by atoms with Crippen molar-refractivity contribution < 1.29 is 9.53 Å². The lowest BCUT2D eigenvalue weighted by molar-refractivity contribution is -0.120. The Kier molecular flexibility index (Phi) is 5.44. The minimum atomic E-state index is -0.0241. The summed E-state index contributed by atoms with van der Waals surface area (Å²) in [7, 11) is 0. The van der Waals surface area contributed by atoms with Gasteiger partial charge in [-0.1, -0.05) is 41.9 Å². The molecule has 0 aliphatic rings. The van der Waals surface area contributed by atoms with Crippen molar-refractivity contribution in [3.8, 4) is 5.75 Å². The number of benzene rings is 2. The Labute approximate surface area is 123 Å². The van der Waals surface area contributed by atoms with E-state index in [4.69, 9.17) is 16.3 Å². The monoisotopic (exact) mass is 289 g/mol. The molecule has 3 nitrogen and oxygen atoms in total. The summed E-state index contributed by atoms with van der Waals surface area (Å²) in [5.74, 6) is 0.781. The molecule has 1 N–H and O–H groups in total. The Morgan fingerprint density at radius 1 is 1.05 bits per heavy atom. The molecule has 0 spiro atoms. The molecule has 2 rings (SSSR count). The van der Waals surface area contributed by atoms with Crippen LogP contribution in [-0.2, 0) is 11.2 Å². The lowest BCUT2D eigenvalue weighted by atomic mass is 10.1. The Morgan fingerprint density at radius 2 is 1.75 bits per heavy atom. The smallest absolute Gasteiger partial charge is 0.224 e. The van der Waals surface area contributed by atoms with Crippen LogP contribution >= 0.6 is 11.6 Å². The molecule has 0 atom stereocenters. The number of hydrogen-bond donors (Lipinski definition) is 1. The van der Waals surface area contributed by atoms with Crippen LogP contribution in [0, 0.1) is 0 Å². The maximum absolute atomic E-state index is 11.7. The first-order valence-corrected chi connectivity index (χ1v) is 6.81. The van der Waals surface area contributed by atoms with Crippen LogP contribution in [0.1, 0.15) is 5.56 Å². The first kappa shape index (κ1) is 14.4. The summed E-state index contributed by atoms with van der Waals surface area (Å²) in [6.07, 6.45) is 0.350. The second kappa shape index (κ2) is 7.56. The molecule has 2 aromatic carbocycles. The largest absolute Gasteiger partial charge is 0.492 e. The van der Waals surface area contributed by atoms with Crippen LogP contribution in [0.4, 0.5) is 0 Å². The van der Waals surface area contributed by atoms with Crippen LogP contribution < -0.4 is 10.1 Å². The van der Waals surface area contributed by atoms with Gasteiger partial charge >= 0.3 is 0 Å². The number of carbonyl (C=O) groups is 1. The molecule has 0 heterocycles. The van der Waals surface area contributed by atoms with Crippen LogP contribution in [0.3, 0.4) is 0 Å². The van der Waals surface area contributed by atoms with Gasteiger partial charge in [0.25, 0.3) is 0 Å². The molecule has 0 saturated heterocycles. The Balaban J connectivity index is 1.66. The van der Waals surface area contributed by atoms with E-state index in [1.807, 2.05) is 42.5 Å². The van der Waals surface area contributed by atoms with Crippen molar-refractivity contribution in [2.24, 2.45) is 0 Å². The molecule has 0 aliphatic carbocycles. The Hall–Kier alpha value is -2.00. The maximum Gasteiger partial charge on any atom is 0.224 e. The van der Waals surface area contributed by atoms with Crippen molar-refractivity contribution in [1.29, 1.82) is 0 Å². The first-order chi connectivity index (χ1) is 9.74. The van der Waals surface area contributed by atoms with E-state index in [9.17, 15) is 4.79 Å². The van der Waals surface area contributed by atoms with Crippen molar-refractivity contribution >= 4 is 17.5 Å². The van der Waals surface area contributed by atoms with E-state index in [2.05, 4.69) is 5.32 Å². The molecule has 0 saturated carbocycles. The molecule has 0 aliphatic heterocycles. The maximum atomic E-state index is 11.7. The molecule has 4 heteroatoms. The number of halogens is 1. The van der Waals surface area contributed by atoms with Gasteiger partial charge in [-0.15, -0.1) is 0 Å². The molecule has 2 aromatic rings. The summed E-state index contributed by atoms with van der Waals surface area (Å²) in [6.45, 7) is 0.942. The van der Waals surface area contributed by atoms with Crippen molar-refractivity contribution in [2.75, 3.05) is 13.2 Å². The van der Waals surface area contributed by atoms with Crippen LogP contribution in [0.15, 0.2) is 54.6 Å². The highest BCUT2D eigenvalue weighted by Crippen LogP contribution is 2.10. The van der Waals surface area contributed by atoms with Crippen molar-refractivity contribution in [3.63, 3.8) is 0 Å². The van der Waals surface area contributed by atoms with E-state index in [0.717, 1.165) is 11.3 Å². The van der Waals surface area contributed by atoms with Gasteiger partial charge in [-0.3, -0.25) is 4.79 Å². The fourth-order valence-electron chi connectivity index (χ4n) is 1.73.